The lowest BCUT2D eigenvalue weighted by molar-refractivity contribution is 0.199. The first-order valence-electron chi connectivity index (χ1n) is 5.50. The van der Waals surface area contributed by atoms with E-state index in [1.807, 2.05) is 6.07 Å². The molecule has 0 aromatic heterocycles. The van der Waals surface area contributed by atoms with Crippen molar-refractivity contribution >= 4 is 6.08 Å². The summed E-state index contributed by atoms with van der Waals surface area (Å²) < 4.78 is 0. The van der Waals surface area contributed by atoms with Crippen LogP contribution < -0.4 is 0 Å². The van der Waals surface area contributed by atoms with Gasteiger partial charge in [0.05, 0.1) is 0 Å². The van der Waals surface area contributed by atoms with Gasteiger partial charge in [-0.05, 0) is 24.9 Å². The average Bonchev–Trinajstić information content (AvgIpc) is 2.30. The van der Waals surface area contributed by atoms with Crippen LogP contribution in [0.2, 0.25) is 0 Å². The monoisotopic (exact) mass is 202 g/mol. The van der Waals surface area contributed by atoms with Crippen LogP contribution in [0.15, 0.2) is 36.5 Å². The fraction of sp³-hybridized carbons (Fsp3) is 0.385. The van der Waals surface area contributed by atoms with Crippen molar-refractivity contribution in [1.82, 2.24) is 9.80 Å². The van der Waals surface area contributed by atoms with Crippen LogP contribution in [-0.4, -0.2) is 43.0 Å². The molecule has 1 aliphatic heterocycles. The van der Waals surface area contributed by atoms with Crippen LogP contribution in [0.1, 0.15) is 5.56 Å². The van der Waals surface area contributed by atoms with E-state index in [-0.39, 0.29) is 0 Å². The van der Waals surface area contributed by atoms with Crippen molar-refractivity contribution in [3.63, 3.8) is 0 Å². The molecule has 1 aliphatic rings. The van der Waals surface area contributed by atoms with Crippen molar-refractivity contribution in [2.45, 2.75) is 0 Å². The Balaban J connectivity index is 1.89. The van der Waals surface area contributed by atoms with Crippen LogP contribution in [0.3, 0.4) is 0 Å². The molecule has 0 N–H and O–H groups in total. The average molecular weight is 202 g/mol. The van der Waals surface area contributed by atoms with Gasteiger partial charge in [0.15, 0.2) is 0 Å². The van der Waals surface area contributed by atoms with Gasteiger partial charge in [-0.15, -0.1) is 0 Å². The maximum atomic E-state index is 2.38. The van der Waals surface area contributed by atoms with E-state index in [0.29, 0.717) is 0 Å². The Morgan fingerprint density at radius 2 is 1.67 bits per heavy atom. The van der Waals surface area contributed by atoms with Crippen LogP contribution in [0.4, 0.5) is 0 Å². The third-order valence-corrected chi connectivity index (χ3v) is 2.82. The Bertz CT molecular complexity index is 311. The topological polar surface area (TPSA) is 6.48 Å². The molecule has 2 heteroatoms. The van der Waals surface area contributed by atoms with E-state index in [2.05, 4.69) is 53.4 Å². The maximum Gasteiger partial charge on any atom is 0.0300 e. The van der Waals surface area contributed by atoms with E-state index in [9.17, 15) is 0 Å². The molecule has 80 valence electrons. The molecule has 0 aliphatic carbocycles. The second-order valence-electron chi connectivity index (χ2n) is 4.07. The lowest BCUT2D eigenvalue weighted by atomic mass is 10.2. The van der Waals surface area contributed by atoms with E-state index in [0.717, 1.165) is 13.1 Å². The molecule has 2 nitrogen and oxygen atoms in total. The molecule has 0 amide bonds. The second kappa shape index (κ2) is 4.99. The van der Waals surface area contributed by atoms with Gasteiger partial charge in [0.25, 0.3) is 0 Å². The zero-order chi connectivity index (χ0) is 10.5. The molecule has 0 spiro atoms. The molecular weight excluding hydrogens is 184 g/mol. The van der Waals surface area contributed by atoms with Crippen molar-refractivity contribution in [3.8, 4) is 0 Å². The summed E-state index contributed by atoms with van der Waals surface area (Å²) in [5.41, 5.74) is 1.27. The zero-order valence-electron chi connectivity index (χ0n) is 9.26. The molecule has 15 heavy (non-hydrogen) atoms. The zero-order valence-corrected chi connectivity index (χ0v) is 9.26. The number of hydrogen-bond donors (Lipinski definition) is 0. The number of benzene rings is 1. The van der Waals surface area contributed by atoms with E-state index >= 15 is 0 Å². The molecule has 1 heterocycles. The van der Waals surface area contributed by atoms with E-state index in [1.165, 1.54) is 18.7 Å². The van der Waals surface area contributed by atoms with Crippen molar-refractivity contribution in [3.05, 3.63) is 42.1 Å². The summed E-state index contributed by atoms with van der Waals surface area (Å²) in [7, 11) is 2.18. The third-order valence-electron chi connectivity index (χ3n) is 2.82. The van der Waals surface area contributed by atoms with Gasteiger partial charge in [0.2, 0.25) is 0 Å². The van der Waals surface area contributed by atoms with Gasteiger partial charge in [0, 0.05) is 26.2 Å². The SMILES string of the molecule is CN1CCN(/C=C/c2ccccc2)CC1. The summed E-state index contributed by atoms with van der Waals surface area (Å²) >= 11 is 0. The third kappa shape index (κ3) is 3.10. The van der Waals surface area contributed by atoms with Crippen LogP contribution in [0.5, 0.6) is 0 Å². The van der Waals surface area contributed by atoms with Gasteiger partial charge in [-0.3, -0.25) is 0 Å². The first kappa shape index (κ1) is 10.2. The van der Waals surface area contributed by atoms with Crippen molar-refractivity contribution in [2.75, 3.05) is 33.2 Å². The molecule has 1 aromatic carbocycles. The number of nitrogens with zero attached hydrogens (tertiary/aromatic N) is 2. The minimum absolute atomic E-state index is 1.14. The lowest BCUT2D eigenvalue weighted by Crippen LogP contribution is -2.41. The fourth-order valence-electron chi connectivity index (χ4n) is 1.73. The number of piperazine rings is 1. The van der Waals surface area contributed by atoms with E-state index < -0.39 is 0 Å². The van der Waals surface area contributed by atoms with Crippen LogP contribution in [0, 0.1) is 0 Å². The first-order valence-corrected chi connectivity index (χ1v) is 5.50. The van der Waals surface area contributed by atoms with Gasteiger partial charge in [-0.2, -0.15) is 0 Å². The minimum Gasteiger partial charge on any atom is -0.375 e. The normalized spacial score (nSPS) is 18.6. The molecule has 1 aromatic rings. The first-order chi connectivity index (χ1) is 7.34. The molecule has 0 bridgehead atoms. The highest BCUT2D eigenvalue weighted by Gasteiger charge is 2.09. The smallest absolute Gasteiger partial charge is 0.0300 e. The van der Waals surface area contributed by atoms with E-state index in [1.54, 1.807) is 0 Å². The van der Waals surface area contributed by atoms with Gasteiger partial charge in [-0.1, -0.05) is 30.3 Å². The van der Waals surface area contributed by atoms with E-state index in [4.69, 9.17) is 0 Å². The number of likely N-dealkylation sites (N-methyl/N-ethyl adjacent to an activating group) is 1. The van der Waals surface area contributed by atoms with Crippen molar-refractivity contribution in [1.29, 1.82) is 0 Å². The summed E-state index contributed by atoms with van der Waals surface area (Å²) in [6.45, 7) is 4.61. The Labute approximate surface area is 91.8 Å². The molecule has 0 unspecified atom stereocenters. The van der Waals surface area contributed by atoms with Crippen LogP contribution >= 0.6 is 0 Å². The minimum atomic E-state index is 1.14. The highest BCUT2D eigenvalue weighted by atomic mass is 15.2. The largest absolute Gasteiger partial charge is 0.375 e. The van der Waals surface area contributed by atoms with Gasteiger partial charge in [0.1, 0.15) is 0 Å². The fourth-order valence-corrected chi connectivity index (χ4v) is 1.73. The highest BCUT2D eigenvalue weighted by molar-refractivity contribution is 5.48. The van der Waals surface area contributed by atoms with Gasteiger partial charge < -0.3 is 9.80 Å². The van der Waals surface area contributed by atoms with Crippen LogP contribution in [-0.2, 0) is 0 Å². The predicted molar refractivity (Wildman–Crippen MR) is 64.5 cm³/mol. The molecule has 0 saturated carbocycles. The summed E-state index contributed by atoms with van der Waals surface area (Å²) in [6, 6.07) is 10.5. The Morgan fingerprint density at radius 1 is 1.00 bits per heavy atom. The van der Waals surface area contributed by atoms with Gasteiger partial charge in [-0.25, -0.2) is 0 Å². The molecular formula is C13H18N2. The van der Waals surface area contributed by atoms with Crippen molar-refractivity contribution in [2.24, 2.45) is 0 Å². The van der Waals surface area contributed by atoms with Crippen LogP contribution in [0.25, 0.3) is 6.08 Å². The Morgan fingerprint density at radius 3 is 2.33 bits per heavy atom. The lowest BCUT2D eigenvalue weighted by Gasteiger charge is -2.31. The summed E-state index contributed by atoms with van der Waals surface area (Å²) in [6.07, 6.45) is 4.40. The predicted octanol–water partition coefficient (Wildman–Crippen LogP) is 1.90. The number of rotatable bonds is 2. The molecule has 2 rings (SSSR count). The summed E-state index contributed by atoms with van der Waals surface area (Å²) in [5.74, 6) is 0. The standard InChI is InChI=1S/C13H18N2/c1-14-9-11-15(12-10-14)8-7-13-5-3-2-4-6-13/h2-8H,9-12H2,1H3/b8-7+. The highest BCUT2D eigenvalue weighted by Crippen LogP contribution is 2.04. The number of hydrogen-bond acceptors (Lipinski definition) is 2. The molecule has 1 fully saturated rings. The molecule has 1 saturated heterocycles. The Kier molecular flexibility index (Phi) is 3.41. The Hall–Kier alpha value is -1.28. The molecule has 0 radical (unpaired) electrons. The quantitative estimate of drug-likeness (QED) is 0.723. The second-order valence-corrected chi connectivity index (χ2v) is 4.07. The summed E-state index contributed by atoms with van der Waals surface area (Å²) in [5, 5.41) is 0. The maximum absolute atomic E-state index is 2.38. The van der Waals surface area contributed by atoms with Crippen molar-refractivity contribution < 1.29 is 0 Å². The van der Waals surface area contributed by atoms with Gasteiger partial charge >= 0.3 is 0 Å². The summed E-state index contributed by atoms with van der Waals surface area (Å²) in [4.78, 5) is 4.75. The molecule has 0 atom stereocenters.